The lowest BCUT2D eigenvalue weighted by molar-refractivity contribution is -0.705. The first-order valence-corrected chi connectivity index (χ1v) is 7.52. The van der Waals surface area contributed by atoms with Crippen molar-refractivity contribution >= 4 is 34.8 Å². The normalized spacial score (nSPS) is 12.0. The van der Waals surface area contributed by atoms with Crippen LogP contribution >= 0.6 is 23.2 Å². The molecule has 0 radical (unpaired) electrons. The van der Waals surface area contributed by atoms with Crippen LogP contribution in [-0.2, 0) is 11.2 Å². The number of hydrogen-bond acceptors (Lipinski definition) is 1. The van der Waals surface area contributed by atoms with E-state index < -0.39 is 0 Å². The summed E-state index contributed by atoms with van der Waals surface area (Å²) in [4.78, 5) is 12.3. The molecule has 2 rings (SSSR count). The minimum Gasteiger partial charge on any atom is -0.320 e. The molecule has 1 aromatic carbocycles. The fourth-order valence-corrected chi connectivity index (χ4v) is 2.50. The van der Waals surface area contributed by atoms with Gasteiger partial charge in [0.15, 0.2) is 12.4 Å². The number of benzene rings is 1. The van der Waals surface area contributed by atoms with Crippen molar-refractivity contribution in [3.8, 4) is 0 Å². The van der Waals surface area contributed by atoms with Crippen molar-refractivity contribution in [2.24, 2.45) is 0 Å². The van der Waals surface area contributed by atoms with Gasteiger partial charge in [0, 0.05) is 34.8 Å². The summed E-state index contributed by atoms with van der Waals surface area (Å²) in [5, 5.41) is 3.80. The molecule has 0 aliphatic heterocycles. The van der Waals surface area contributed by atoms with Crippen molar-refractivity contribution in [3.63, 3.8) is 0 Å². The molecule has 0 aliphatic rings. The predicted octanol–water partition coefficient (Wildman–Crippen LogP) is 4.04. The number of hydrogen-bond donors (Lipinski definition) is 1. The first-order valence-electron chi connectivity index (χ1n) is 6.76. The first kappa shape index (κ1) is 15.8. The topological polar surface area (TPSA) is 33.0 Å². The second kappa shape index (κ2) is 6.92. The van der Waals surface area contributed by atoms with Gasteiger partial charge in [0.1, 0.15) is 0 Å². The number of rotatable bonds is 4. The van der Waals surface area contributed by atoms with Crippen LogP contribution in [0.2, 0.25) is 10.0 Å². The molecule has 1 heterocycles. The zero-order chi connectivity index (χ0) is 15.4. The number of aryl methyl sites for hydroxylation is 1. The Morgan fingerprint density at radius 2 is 1.76 bits per heavy atom. The SMILES string of the molecule is CCc1cc[n+]([C@H](C)C(=O)Nc2cc(Cl)cc(Cl)c2)cc1. The number of amides is 1. The number of nitrogens with zero attached hydrogens (tertiary/aromatic N) is 1. The van der Waals surface area contributed by atoms with E-state index >= 15 is 0 Å². The fraction of sp³-hybridized carbons (Fsp3) is 0.250. The Balaban J connectivity index is 2.11. The number of nitrogens with one attached hydrogen (secondary N) is 1. The lowest BCUT2D eigenvalue weighted by Crippen LogP contribution is -2.44. The molecule has 1 N–H and O–H groups in total. The minimum absolute atomic E-state index is 0.123. The van der Waals surface area contributed by atoms with Gasteiger partial charge in [-0.15, -0.1) is 0 Å². The number of halogens is 2. The highest BCUT2D eigenvalue weighted by molar-refractivity contribution is 6.35. The lowest BCUT2D eigenvalue weighted by Gasteiger charge is -2.09. The number of aromatic nitrogens is 1. The molecule has 3 nitrogen and oxygen atoms in total. The highest BCUT2D eigenvalue weighted by Crippen LogP contribution is 2.22. The van der Waals surface area contributed by atoms with E-state index in [-0.39, 0.29) is 11.9 Å². The van der Waals surface area contributed by atoms with Crippen LogP contribution in [-0.4, -0.2) is 5.91 Å². The highest BCUT2D eigenvalue weighted by Gasteiger charge is 2.21. The van der Waals surface area contributed by atoms with Gasteiger partial charge in [-0.1, -0.05) is 30.1 Å². The molecule has 0 saturated carbocycles. The summed E-state index contributed by atoms with van der Waals surface area (Å²) in [6.45, 7) is 3.94. The van der Waals surface area contributed by atoms with Gasteiger partial charge in [-0.3, -0.25) is 4.79 Å². The van der Waals surface area contributed by atoms with Crippen molar-refractivity contribution in [2.75, 3.05) is 5.32 Å². The van der Waals surface area contributed by atoms with Gasteiger partial charge in [-0.05, 0) is 30.2 Å². The predicted molar refractivity (Wildman–Crippen MR) is 85.8 cm³/mol. The third-order valence-corrected chi connectivity index (χ3v) is 3.72. The number of anilines is 1. The van der Waals surface area contributed by atoms with Gasteiger partial charge < -0.3 is 5.32 Å². The zero-order valence-electron chi connectivity index (χ0n) is 11.9. The van der Waals surface area contributed by atoms with Crippen LogP contribution < -0.4 is 9.88 Å². The molecule has 0 spiro atoms. The van der Waals surface area contributed by atoms with E-state index in [1.807, 2.05) is 36.0 Å². The van der Waals surface area contributed by atoms with Crippen LogP contribution in [0.1, 0.15) is 25.5 Å². The second-order valence-corrected chi connectivity index (χ2v) is 5.70. The molecule has 1 atom stereocenters. The largest absolute Gasteiger partial charge is 0.320 e. The molecule has 0 saturated heterocycles. The van der Waals surface area contributed by atoms with Crippen LogP contribution in [0, 0.1) is 0 Å². The molecule has 1 aromatic heterocycles. The van der Waals surface area contributed by atoms with Gasteiger partial charge in [0.2, 0.25) is 6.04 Å². The van der Waals surface area contributed by atoms with E-state index in [9.17, 15) is 4.79 Å². The lowest BCUT2D eigenvalue weighted by atomic mass is 10.2. The van der Waals surface area contributed by atoms with Crippen molar-refractivity contribution in [2.45, 2.75) is 26.3 Å². The van der Waals surface area contributed by atoms with Crippen LogP contribution in [0.25, 0.3) is 0 Å². The number of carbonyl (C=O) groups excluding carboxylic acids is 1. The maximum Gasteiger partial charge on any atom is 0.293 e. The standard InChI is InChI=1S/C16H16Cl2N2O/c1-3-12-4-6-20(7-5-12)11(2)16(21)19-15-9-13(17)8-14(18)10-15/h4-11H,3H2,1-2H3/p+1/t11-/m1/s1. The molecule has 0 unspecified atom stereocenters. The quantitative estimate of drug-likeness (QED) is 0.846. The Labute approximate surface area is 134 Å². The molecular weight excluding hydrogens is 307 g/mol. The van der Waals surface area contributed by atoms with Crippen molar-refractivity contribution < 1.29 is 9.36 Å². The number of pyridine rings is 1. The Kier molecular flexibility index (Phi) is 5.21. The van der Waals surface area contributed by atoms with Crippen molar-refractivity contribution in [1.82, 2.24) is 0 Å². The zero-order valence-corrected chi connectivity index (χ0v) is 13.4. The second-order valence-electron chi connectivity index (χ2n) is 4.83. The first-order chi connectivity index (χ1) is 9.99. The smallest absolute Gasteiger partial charge is 0.293 e. The monoisotopic (exact) mass is 323 g/mol. The summed E-state index contributed by atoms with van der Waals surface area (Å²) >= 11 is 11.8. The molecule has 21 heavy (non-hydrogen) atoms. The van der Waals surface area contributed by atoms with Gasteiger partial charge in [-0.25, -0.2) is 0 Å². The average Bonchev–Trinajstić information content (AvgIpc) is 2.45. The summed E-state index contributed by atoms with van der Waals surface area (Å²) in [6, 6.07) is 8.67. The maximum atomic E-state index is 12.3. The molecule has 0 aliphatic carbocycles. The third-order valence-electron chi connectivity index (χ3n) is 3.29. The van der Waals surface area contributed by atoms with E-state index in [0.717, 1.165) is 6.42 Å². The Morgan fingerprint density at radius 3 is 2.29 bits per heavy atom. The molecule has 0 fully saturated rings. The number of carbonyl (C=O) groups is 1. The fourth-order valence-electron chi connectivity index (χ4n) is 1.97. The highest BCUT2D eigenvalue weighted by atomic mass is 35.5. The van der Waals surface area contributed by atoms with Gasteiger partial charge >= 0.3 is 0 Å². The average molecular weight is 324 g/mol. The van der Waals surface area contributed by atoms with Crippen LogP contribution in [0.5, 0.6) is 0 Å². The summed E-state index contributed by atoms with van der Waals surface area (Å²) in [7, 11) is 0. The summed E-state index contributed by atoms with van der Waals surface area (Å²) < 4.78 is 1.86. The summed E-state index contributed by atoms with van der Waals surface area (Å²) in [5.74, 6) is -0.123. The maximum absolute atomic E-state index is 12.3. The van der Waals surface area contributed by atoms with Gasteiger partial charge in [-0.2, -0.15) is 4.57 Å². The molecule has 0 bridgehead atoms. The molecule has 1 amide bonds. The van der Waals surface area contributed by atoms with Crippen molar-refractivity contribution in [1.29, 1.82) is 0 Å². The van der Waals surface area contributed by atoms with E-state index in [4.69, 9.17) is 23.2 Å². The Bertz CT molecular complexity index is 621. The van der Waals surface area contributed by atoms with Gasteiger partial charge in [0.25, 0.3) is 5.91 Å². The van der Waals surface area contributed by atoms with Crippen LogP contribution in [0.3, 0.4) is 0 Å². The summed E-state index contributed by atoms with van der Waals surface area (Å²) in [6.07, 6.45) is 4.80. The van der Waals surface area contributed by atoms with E-state index in [0.29, 0.717) is 15.7 Å². The van der Waals surface area contributed by atoms with Crippen LogP contribution in [0.4, 0.5) is 5.69 Å². The summed E-state index contributed by atoms with van der Waals surface area (Å²) in [5.41, 5.74) is 1.83. The third kappa shape index (κ3) is 4.19. The minimum atomic E-state index is -0.325. The molecular formula is C16H17Cl2N2O+. The van der Waals surface area contributed by atoms with Crippen LogP contribution in [0.15, 0.2) is 42.7 Å². The molecule has 2 aromatic rings. The van der Waals surface area contributed by atoms with E-state index in [2.05, 4.69) is 12.2 Å². The van der Waals surface area contributed by atoms with E-state index in [1.165, 1.54) is 5.56 Å². The van der Waals surface area contributed by atoms with E-state index in [1.54, 1.807) is 18.2 Å². The Hall–Kier alpha value is -1.58. The molecule has 5 heteroatoms. The molecule has 110 valence electrons. The van der Waals surface area contributed by atoms with Crippen molar-refractivity contribution in [3.05, 3.63) is 58.3 Å². The Morgan fingerprint density at radius 1 is 1.19 bits per heavy atom. The van der Waals surface area contributed by atoms with Gasteiger partial charge in [0.05, 0.1) is 0 Å².